The van der Waals surface area contributed by atoms with Crippen LogP contribution in [0.2, 0.25) is 0 Å². The van der Waals surface area contributed by atoms with Crippen LogP contribution in [-0.2, 0) is 5.88 Å². The largest absolute Gasteiger partial charge is 0.264 e. The third kappa shape index (κ3) is 1.93. The van der Waals surface area contributed by atoms with Crippen LogP contribution < -0.4 is 0 Å². The highest BCUT2D eigenvalue weighted by Gasteiger charge is 2.14. The van der Waals surface area contributed by atoms with Crippen molar-refractivity contribution in [1.29, 1.82) is 0 Å². The van der Waals surface area contributed by atoms with Gasteiger partial charge in [-0.2, -0.15) is 0 Å². The van der Waals surface area contributed by atoms with Crippen LogP contribution in [0, 0.1) is 0 Å². The molecule has 0 saturated carbocycles. The highest BCUT2D eigenvalue weighted by atomic mass is 79.9. The molecule has 1 aromatic heterocycles. The Morgan fingerprint density at radius 2 is 2.25 bits per heavy atom. The van der Waals surface area contributed by atoms with Crippen LogP contribution in [0.15, 0.2) is 16.9 Å². The molecule has 66 valence electrons. The first-order valence-corrected chi connectivity index (χ1v) is 4.47. The van der Waals surface area contributed by atoms with Gasteiger partial charge in [0.25, 0.3) is 6.43 Å². The van der Waals surface area contributed by atoms with E-state index in [9.17, 15) is 8.78 Å². The fourth-order valence-corrected chi connectivity index (χ4v) is 1.75. The summed E-state index contributed by atoms with van der Waals surface area (Å²) < 4.78 is 25.0. The van der Waals surface area contributed by atoms with Gasteiger partial charge < -0.3 is 0 Å². The van der Waals surface area contributed by atoms with Gasteiger partial charge in [0.2, 0.25) is 0 Å². The van der Waals surface area contributed by atoms with Gasteiger partial charge >= 0.3 is 0 Å². The molecule has 1 heterocycles. The summed E-state index contributed by atoms with van der Waals surface area (Å²) >= 11 is 8.52. The minimum atomic E-state index is -2.50. The van der Waals surface area contributed by atoms with Gasteiger partial charge in [-0.3, -0.25) is 0 Å². The summed E-state index contributed by atoms with van der Waals surface area (Å²) in [5, 5.41) is 0. The molecule has 0 N–H and O–H groups in total. The Morgan fingerprint density at radius 1 is 1.58 bits per heavy atom. The van der Waals surface area contributed by atoms with E-state index in [1.165, 1.54) is 12.3 Å². The van der Waals surface area contributed by atoms with Crippen molar-refractivity contribution < 1.29 is 8.78 Å². The molecule has 1 rings (SSSR count). The summed E-state index contributed by atoms with van der Waals surface area (Å²) in [6, 6.07) is 1.27. The van der Waals surface area contributed by atoms with E-state index >= 15 is 0 Å². The topological polar surface area (TPSA) is 12.9 Å². The van der Waals surface area contributed by atoms with E-state index in [0.29, 0.717) is 10.2 Å². The van der Waals surface area contributed by atoms with Gasteiger partial charge in [0.05, 0.1) is 5.88 Å². The van der Waals surface area contributed by atoms with E-state index in [-0.39, 0.29) is 11.4 Å². The highest BCUT2D eigenvalue weighted by molar-refractivity contribution is 9.10. The minimum absolute atomic E-state index is 0.0358. The number of nitrogens with zero attached hydrogens (tertiary/aromatic N) is 1. The molecule has 0 spiro atoms. The lowest BCUT2D eigenvalue weighted by Gasteiger charge is -2.06. The predicted molar refractivity (Wildman–Crippen MR) is 46.5 cm³/mol. The van der Waals surface area contributed by atoms with Gasteiger partial charge in [-0.25, -0.2) is 13.8 Å². The average molecular weight is 256 g/mol. The van der Waals surface area contributed by atoms with E-state index in [2.05, 4.69) is 20.9 Å². The summed E-state index contributed by atoms with van der Waals surface area (Å²) in [6.07, 6.45) is -1.18. The normalized spacial score (nSPS) is 10.8. The highest BCUT2D eigenvalue weighted by Crippen LogP contribution is 2.27. The summed E-state index contributed by atoms with van der Waals surface area (Å²) in [5.74, 6) is 0.0358. The summed E-state index contributed by atoms with van der Waals surface area (Å²) in [4.78, 5) is 3.79. The lowest BCUT2D eigenvalue weighted by molar-refractivity contribution is 0.150. The molecule has 0 unspecified atom stereocenters. The molecule has 12 heavy (non-hydrogen) atoms. The summed E-state index contributed by atoms with van der Waals surface area (Å²) in [5.41, 5.74) is 0.293. The predicted octanol–water partition coefficient (Wildman–Crippen LogP) is 3.52. The zero-order valence-electron chi connectivity index (χ0n) is 5.90. The van der Waals surface area contributed by atoms with E-state index in [1.54, 1.807) is 0 Å². The Balaban J connectivity index is 3.18. The molecule has 0 aliphatic heterocycles. The van der Waals surface area contributed by atoms with Crippen LogP contribution >= 0.6 is 27.5 Å². The SMILES string of the molecule is FC(F)c1ccnc(Br)c1CCl. The summed E-state index contributed by atoms with van der Waals surface area (Å²) in [6.45, 7) is 0. The quantitative estimate of drug-likeness (QED) is 0.583. The first-order chi connectivity index (χ1) is 5.66. The Kier molecular flexibility index (Phi) is 3.40. The van der Waals surface area contributed by atoms with Crippen LogP contribution in [0.3, 0.4) is 0 Å². The summed E-state index contributed by atoms with van der Waals surface area (Å²) in [7, 11) is 0. The van der Waals surface area contributed by atoms with Gasteiger partial charge in [0.1, 0.15) is 4.60 Å². The van der Waals surface area contributed by atoms with Crippen LogP contribution in [0.5, 0.6) is 0 Å². The number of hydrogen-bond donors (Lipinski definition) is 0. The molecular formula is C7H5BrClF2N. The lowest BCUT2D eigenvalue weighted by atomic mass is 10.2. The standard InChI is InChI=1S/C7H5BrClF2N/c8-6-5(3-9)4(7(10)11)1-2-12-6/h1-2,7H,3H2. The zero-order chi connectivity index (χ0) is 9.14. The van der Waals surface area contributed by atoms with Crippen molar-refractivity contribution in [2.75, 3.05) is 0 Å². The molecule has 0 atom stereocenters. The first-order valence-electron chi connectivity index (χ1n) is 3.14. The van der Waals surface area contributed by atoms with Crippen molar-refractivity contribution in [2.24, 2.45) is 0 Å². The molecule has 1 nitrogen and oxygen atoms in total. The van der Waals surface area contributed by atoms with Crippen LogP contribution in [0.25, 0.3) is 0 Å². The van der Waals surface area contributed by atoms with Crippen molar-refractivity contribution in [3.8, 4) is 0 Å². The van der Waals surface area contributed by atoms with Gasteiger partial charge in [0.15, 0.2) is 0 Å². The Labute approximate surface area is 81.9 Å². The average Bonchev–Trinajstić information content (AvgIpc) is 2.03. The van der Waals surface area contributed by atoms with Gasteiger partial charge in [-0.1, -0.05) is 0 Å². The maximum Gasteiger partial charge on any atom is 0.264 e. The molecule has 1 aromatic rings. The molecule has 0 bridgehead atoms. The molecule has 0 aromatic carbocycles. The maximum atomic E-state index is 12.3. The Morgan fingerprint density at radius 3 is 2.67 bits per heavy atom. The third-order valence-electron chi connectivity index (χ3n) is 1.41. The molecule has 0 amide bonds. The monoisotopic (exact) mass is 255 g/mol. The smallest absolute Gasteiger partial charge is 0.249 e. The third-order valence-corrected chi connectivity index (χ3v) is 2.36. The van der Waals surface area contributed by atoms with Crippen molar-refractivity contribution >= 4 is 27.5 Å². The number of halogens is 4. The van der Waals surface area contributed by atoms with Crippen molar-refractivity contribution in [3.05, 3.63) is 28.0 Å². The van der Waals surface area contributed by atoms with Crippen LogP contribution in [0.1, 0.15) is 17.6 Å². The van der Waals surface area contributed by atoms with Gasteiger partial charge in [0, 0.05) is 17.3 Å². The second kappa shape index (κ2) is 4.14. The molecule has 0 fully saturated rings. The number of aromatic nitrogens is 1. The minimum Gasteiger partial charge on any atom is -0.249 e. The van der Waals surface area contributed by atoms with E-state index in [0.717, 1.165) is 0 Å². The van der Waals surface area contributed by atoms with Crippen molar-refractivity contribution in [2.45, 2.75) is 12.3 Å². The van der Waals surface area contributed by atoms with Crippen molar-refractivity contribution in [3.63, 3.8) is 0 Å². The molecule has 5 heteroatoms. The lowest BCUT2D eigenvalue weighted by Crippen LogP contribution is -1.95. The Hall–Kier alpha value is -0.220. The second-order valence-electron chi connectivity index (χ2n) is 2.10. The van der Waals surface area contributed by atoms with Gasteiger partial charge in [-0.15, -0.1) is 11.6 Å². The molecule has 0 aliphatic carbocycles. The number of alkyl halides is 3. The molecule has 0 aliphatic rings. The van der Waals surface area contributed by atoms with E-state index in [4.69, 9.17) is 11.6 Å². The molecule has 0 saturated heterocycles. The van der Waals surface area contributed by atoms with Crippen LogP contribution in [0.4, 0.5) is 8.78 Å². The number of pyridine rings is 1. The molecule has 0 radical (unpaired) electrons. The van der Waals surface area contributed by atoms with Crippen molar-refractivity contribution in [1.82, 2.24) is 4.98 Å². The Bertz CT molecular complexity index is 280. The second-order valence-corrected chi connectivity index (χ2v) is 3.12. The van der Waals surface area contributed by atoms with Crippen LogP contribution in [-0.4, -0.2) is 4.98 Å². The number of hydrogen-bond acceptors (Lipinski definition) is 1. The molecular weight excluding hydrogens is 251 g/mol. The van der Waals surface area contributed by atoms with Gasteiger partial charge in [-0.05, 0) is 22.0 Å². The fraction of sp³-hybridized carbons (Fsp3) is 0.286. The first kappa shape index (κ1) is 9.86. The fourth-order valence-electron chi connectivity index (χ4n) is 0.817. The van der Waals surface area contributed by atoms with E-state index < -0.39 is 6.43 Å². The zero-order valence-corrected chi connectivity index (χ0v) is 8.24. The number of rotatable bonds is 2. The maximum absolute atomic E-state index is 12.3. The van der Waals surface area contributed by atoms with E-state index in [1.807, 2.05) is 0 Å².